The highest BCUT2D eigenvalue weighted by molar-refractivity contribution is 7.18. The van der Waals surface area contributed by atoms with Crippen molar-refractivity contribution in [1.29, 1.82) is 0 Å². The van der Waals surface area contributed by atoms with Crippen molar-refractivity contribution in [1.82, 2.24) is 0 Å². The topological polar surface area (TPSA) is 37.3 Å². The Morgan fingerprint density at radius 3 is 2.93 bits per heavy atom. The molecule has 0 saturated heterocycles. The van der Waals surface area contributed by atoms with Crippen LogP contribution in [-0.4, -0.2) is 11.4 Å². The maximum atomic E-state index is 10.8. The second-order valence-corrected chi connectivity index (χ2v) is 3.99. The van der Waals surface area contributed by atoms with Crippen LogP contribution in [-0.2, 0) is 6.42 Å². The van der Waals surface area contributed by atoms with Gasteiger partial charge in [0.2, 0.25) is 0 Å². The number of carbonyl (C=O) groups excluding carboxylic acids is 1. The molecule has 0 aliphatic carbocycles. The number of thiophene rings is 1. The third-order valence-corrected chi connectivity index (χ3v) is 3.34. The number of aromatic hydroxyl groups is 1. The van der Waals surface area contributed by atoms with E-state index in [0.717, 1.165) is 28.4 Å². The van der Waals surface area contributed by atoms with E-state index in [-0.39, 0.29) is 5.75 Å². The summed E-state index contributed by atoms with van der Waals surface area (Å²) in [6, 6.07) is 3.71. The molecule has 0 aliphatic heterocycles. The molecule has 1 heterocycles. The van der Waals surface area contributed by atoms with Gasteiger partial charge >= 0.3 is 0 Å². The van der Waals surface area contributed by atoms with Crippen molar-refractivity contribution in [3.8, 4) is 5.75 Å². The van der Waals surface area contributed by atoms with E-state index in [1.165, 1.54) is 11.3 Å². The van der Waals surface area contributed by atoms with Crippen LogP contribution >= 0.6 is 11.3 Å². The number of benzene rings is 1. The molecule has 2 aromatic rings. The van der Waals surface area contributed by atoms with Gasteiger partial charge in [0.15, 0.2) is 6.29 Å². The summed E-state index contributed by atoms with van der Waals surface area (Å²) in [4.78, 5) is 10.8. The van der Waals surface area contributed by atoms with Gasteiger partial charge in [-0.05, 0) is 18.1 Å². The van der Waals surface area contributed by atoms with Crippen LogP contribution in [0.3, 0.4) is 0 Å². The van der Waals surface area contributed by atoms with E-state index in [4.69, 9.17) is 0 Å². The first kappa shape index (κ1) is 9.21. The molecule has 2 rings (SSSR count). The number of rotatable bonds is 2. The van der Waals surface area contributed by atoms with E-state index in [1.807, 2.05) is 19.1 Å². The third-order valence-electron chi connectivity index (χ3n) is 2.33. The largest absolute Gasteiger partial charge is 0.506 e. The molecule has 0 amide bonds. The van der Waals surface area contributed by atoms with Crippen molar-refractivity contribution in [3.05, 3.63) is 28.6 Å². The maximum absolute atomic E-state index is 10.8. The van der Waals surface area contributed by atoms with Gasteiger partial charge in [-0.15, -0.1) is 11.3 Å². The van der Waals surface area contributed by atoms with E-state index in [2.05, 4.69) is 0 Å². The van der Waals surface area contributed by atoms with Crippen LogP contribution in [0.1, 0.15) is 22.8 Å². The molecule has 0 bridgehead atoms. The number of aldehydes is 1. The minimum Gasteiger partial charge on any atom is -0.506 e. The molecule has 0 spiro atoms. The van der Waals surface area contributed by atoms with Crippen LogP contribution in [0.4, 0.5) is 0 Å². The minimum absolute atomic E-state index is 0.283. The molecule has 1 aromatic carbocycles. The second-order valence-electron chi connectivity index (χ2n) is 3.11. The first-order valence-corrected chi connectivity index (χ1v) is 5.33. The van der Waals surface area contributed by atoms with Gasteiger partial charge in [0, 0.05) is 21.0 Å². The molecule has 0 radical (unpaired) electrons. The van der Waals surface area contributed by atoms with Crippen LogP contribution in [0.15, 0.2) is 17.5 Å². The Kier molecular flexibility index (Phi) is 2.25. The molecule has 72 valence electrons. The Labute approximate surface area is 85.8 Å². The number of carbonyl (C=O) groups is 1. The van der Waals surface area contributed by atoms with Crippen molar-refractivity contribution >= 4 is 27.7 Å². The van der Waals surface area contributed by atoms with E-state index < -0.39 is 0 Å². The van der Waals surface area contributed by atoms with E-state index in [1.54, 1.807) is 5.38 Å². The highest BCUT2D eigenvalue weighted by atomic mass is 32.1. The minimum atomic E-state index is 0.283. The molecule has 0 aliphatic rings. The van der Waals surface area contributed by atoms with E-state index >= 15 is 0 Å². The van der Waals surface area contributed by atoms with Gasteiger partial charge in [0.05, 0.1) is 0 Å². The smallest absolute Gasteiger partial charge is 0.151 e. The molecule has 0 saturated carbocycles. The van der Waals surface area contributed by atoms with Gasteiger partial charge in [-0.25, -0.2) is 0 Å². The Hall–Kier alpha value is -1.35. The summed E-state index contributed by atoms with van der Waals surface area (Å²) < 4.78 is 0.886. The lowest BCUT2D eigenvalue weighted by Crippen LogP contribution is -1.85. The standard InChI is InChI=1S/C11H10O2S/c1-2-7-3-4-8(5-12)11-10(7)9(13)6-14-11/h3-6,13H,2H2,1H3. The van der Waals surface area contributed by atoms with Gasteiger partial charge in [0.25, 0.3) is 0 Å². The molecule has 0 unspecified atom stereocenters. The lowest BCUT2D eigenvalue weighted by molar-refractivity contribution is 0.112. The normalized spacial score (nSPS) is 10.6. The summed E-state index contributed by atoms with van der Waals surface area (Å²) in [7, 11) is 0. The summed E-state index contributed by atoms with van der Waals surface area (Å²) >= 11 is 1.41. The highest BCUT2D eigenvalue weighted by Crippen LogP contribution is 2.35. The quantitative estimate of drug-likeness (QED) is 0.767. The number of hydrogen-bond donors (Lipinski definition) is 1. The van der Waals surface area contributed by atoms with Gasteiger partial charge in [-0.3, -0.25) is 4.79 Å². The molecule has 2 nitrogen and oxygen atoms in total. The maximum Gasteiger partial charge on any atom is 0.151 e. The molecule has 0 fully saturated rings. The molecule has 1 N–H and O–H groups in total. The van der Waals surface area contributed by atoms with Crippen LogP contribution < -0.4 is 0 Å². The summed E-state index contributed by atoms with van der Waals surface area (Å²) in [5.74, 6) is 0.283. The SMILES string of the molecule is CCc1ccc(C=O)c2scc(O)c12. The predicted molar refractivity (Wildman–Crippen MR) is 58.3 cm³/mol. The average molecular weight is 206 g/mol. The zero-order valence-electron chi connectivity index (χ0n) is 7.78. The molecule has 3 heteroatoms. The number of hydrogen-bond acceptors (Lipinski definition) is 3. The van der Waals surface area contributed by atoms with Gasteiger partial charge in [-0.1, -0.05) is 13.0 Å². The van der Waals surface area contributed by atoms with Crippen molar-refractivity contribution < 1.29 is 9.90 Å². The van der Waals surface area contributed by atoms with Crippen molar-refractivity contribution in [2.24, 2.45) is 0 Å². The monoisotopic (exact) mass is 206 g/mol. The number of fused-ring (bicyclic) bond motifs is 1. The summed E-state index contributed by atoms with van der Waals surface area (Å²) in [6.07, 6.45) is 1.69. The van der Waals surface area contributed by atoms with Crippen molar-refractivity contribution in [3.63, 3.8) is 0 Å². The van der Waals surface area contributed by atoms with Crippen molar-refractivity contribution in [2.75, 3.05) is 0 Å². The van der Waals surface area contributed by atoms with Gasteiger partial charge in [-0.2, -0.15) is 0 Å². The summed E-state index contributed by atoms with van der Waals surface area (Å²) in [6.45, 7) is 2.03. The fourth-order valence-corrected chi connectivity index (χ4v) is 2.56. The van der Waals surface area contributed by atoms with Crippen LogP contribution in [0, 0.1) is 0 Å². The fraction of sp³-hybridized carbons (Fsp3) is 0.182. The van der Waals surface area contributed by atoms with Gasteiger partial charge < -0.3 is 5.11 Å². The molecule has 1 aromatic heterocycles. The first-order chi connectivity index (χ1) is 6.77. The highest BCUT2D eigenvalue weighted by Gasteiger charge is 2.10. The fourth-order valence-electron chi connectivity index (χ4n) is 1.61. The third kappa shape index (κ3) is 1.21. The number of aryl methyl sites for hydroxylation is 1. The summed E-state index contributed by atoms with van der Waals surface area (Å²) in [5, 5.41) is 12.2. The van der Waals surface area contributed by atoms with Crippen LogP contribution in [0.25, 0.3) is 10.1 Å². The van der Waals surface area contributed by atoms with Crippen LogP contribution in [0.5, 0.6) is 5.75 Å². The average Bonchev–Trinajstić information content (AvgIpc) is 2.60. The Morgan fingerprint density at radius 1 is 1.50 bits per heavy atom. The second kappa shape index (κ2) is 3.42. The molecular weight excluding hydrogens is 196 g/mol. The lowest BCUT2D eigenvalue weighted by atomic mass is 10.0. The van der Waals surface area contributed by atoms with E-state index in [0.29, 0.717) is 5.56 Å². The summed E-state index contributed by atoms with van der Waals surface area (Å²) in [5.41, 5.74) is 1.74. The van der Waals surface area contributed by atoms with E-state index in [9.17, 15) is 9.90 Å². The van der Waals surface area contributed by atoms with Crippen molar-refractivity contribution in [2.45, 2.75) is 13.3 Å². The Morgan fingerprint density at radius 2 is 2.29 bits per heavy atom. The zero-order valence-corrected chi connectivity index (χ0v) is 8.60. The lowest BCUT2D eigenvalue weighted by Gasteiger charge is -2.01. The zero-order chi connectivity index (χ0) is 10.1. The molecular formula is C11H10O2S. The predicted octanol–water partition coefficient (Wildman–Crippen LogP) is 2.98. The molecule has 14 heavy (non-hydrogen) atoms. The van der Waals surface area contributed by atoms with Gasteiger partial charge in [0.1, 0.15) is 5.75 Å². The Bertz CT molecular complexity index is 485. The first-order valence-electron chi connectivity index (χ1n) is 4.45. The Balaban J connectivity index is 2.87. The molecule has 0 atom stereocenters. The van der Waals surface area contributed by atoms with Crippen LogP contribution in [0.2, 0.25) is 0 Å².